The maximum atomic E-state index is 13.4. The van der Waals surface area contributed by atoms with Gasteiger partial charge in [0, 0.05) is 31.2 Å². The first kappa shape index (κ1) is 22.0. The summed E-state index contributed by atoms with van der Waals surface area (Å²) < 4.78 is 35.2. The molecule has 2 saturated heterocycles. The first-order valence-electron chi connectivity index (χ1n) is 11.2. The van der Waals surface area contributed by atoms with E-state index in [0.717, 1.165) is 18.6 Å². The lowest BCUT2D eigenvalue weighted by Crippen LogP contribution is -2.45. The van der Waals surface area contributed by atoms with Crippen molar-refractivity contribution in [2.75, 3.05) is 19.7 Å². The van der Waals surface area contributed by atoms with E-state index < -0.39 is 18.3 Å². The fourth-order valence-corrected chi connectivity index (χ4v) is 13.1. The molecule has 164 valence electrons. The van der Waals surface area contributed by atoms with Crippen molar-refractivity contribution in [2.45, 2.75) is 62.6 Å². The van der Waals surface area contributed by atoms with Crippen molar-refractivity contribution in [1.82, 2.24) is 4.31 Å². The predicted molar refractivity (Wildman–Crippen MR) is 124 cm³/mol. The van der Waals surface area contributed by atoms with E-state index in [9.17, 15) is 8.42 Å². The van der Waals surface area contributed by atoms with Crippen molar-refractivity contribution in [3.8, 4) is 0 Å². The van der Waals surface area contributed by atoms with E-state index in [0.29, 0.717) is 40.5 Å². The molecule has 0 radical (unpaired) electrons. The van der Waals surface area contributed by atoms with Gasteiger partial charge in [0.1, 0.15) is 0 Å². The Morgan fingerprint density at radius 2 is 1.77 bits per heavy atom. The smallest absolute Gasteiger partial charge is 0.243 e. The van der Waals surface area contributed by atoms with Crippen molar-refractivity contribution < 1.29 is 12.8 Å². The van der Waals surface area contributed by atoms with Crippen LogP contribution in [0.5, 0.6) is 0 Å². The Morgan fingerprint density at radius 1 is 1.10 bits per heavy atom. The Balaban J connectivity index is 1.66. The number of allylic oxidation sites excluding steroid dienone is 3. The van der Waals surface area contributed by atoms with Gasteiger partial charge in [-0.3, -0.25) is 0 Å². The largest absolute Gasteiger partial charge is 0.415 e. The van der Waals surface area contributed by atoms with Crippen molar-refractivity contribution in [2.24, 2.45) is 11.8 Å². The van der Waals surface area contributed by atoms with E-state index in [1.165, 1.54) is 5.57 Å². The lowest BCUT2D eigenvalue weighted by Gasteiger charge is -2.40. The van der Waals surface area contributed by atoms with Crippen molar-refractivity contribution in [3.05, 3.63) is 53.6 Å². The molecule has 4 rings (SSSR count). The summed E-state index contributed by atoms with van der Waals surface area (Å²) in [6, 6.07) is 7.22. The summed E-state index contributed by atoms with van der Waals surface area (Å²) in [6.45, 7) is 13.1. The molecule has 0 unspecified atom stereocenters. The second-order valence-electron chi connectivity index (χ2n) is 9.82. The van der Waals surface area contributed by atoms with Gasteiger partial charge in [-0.1, -0.05) is 69.2 Å². The Morgan fingerprint density at radius 3 is 2.40 bits per heavy atom. The van der Waals surface area contributed by atoms with Crippen LogP contribution in [-0.4, -0.2) is 40.7 Å². The molecule has 0 amide bonds. The third-order valence-corrected chi connectivity index (χ3v) is 15.3. The monoisotopic (exact) mass is 445 g/mol. The van der Waals surface area contributed by atoms with Crippen LogP contribution < -0.4 is 0 Å². The summed E-state index contributed by atoms with van der Waals surface area (Å²) in [5.41, 5.74) is 3.88. The van der Waals surface area contributed by atoms with Crippen molar-refractivity contribution in [3.63, 3.8) is 0 Å². The molecule has 2 aliphatic heterocycles. The quantitative estimate of drug-likeness (QED) is 0.468. The van der Waals surface area contributed by atoms with Gasteiger partial charge in [0.25, 0.3) is 0 Å². The highest BCUT2D eigenvalue weighted by Gasteiger charge is 2.58. The SMILES string of the molecule is Cc1ccc(S(=O)(=O)N2C/C3=C/C/C=C\[C@@H]4[C@@H](CO[Si]4(C(C)C)C(C)C)[C@@H]3C2)cc1. The van der Waals surface area contributed by atoms with Crippen LogP contribution in [0.2, 0.25) is 16.6 Å². The van der Waals surface area contributed by atoms with Gasteiger partial charge in [-0.25, -0.2) is 8.42 Å². The average Bonchev–Trinajstić information content (AvgIpc) is 3.25. The highest BCUT2D eigenvalue weighted by Crippen LogP contribution is 2.56. The second kappa shape index (κ2) is 8.04. The van der Waals surface area contributed by atoms with E-state index in [1.807, 2.05) is 19.1 Å². The highest BCUT2D eigenvalue weighted by molar-refractivity contribution is 7.89. The molecular weight excluding hydrogens is 410 g/mol. The van der Waals surface area contributed by atoms with Crippen LogP contribution in [-0.2, 0) is 14.4 Å². The number of benzene rings is 1. The molecule has 2 heterocycles. The molecule has 4 nitrogen and oxygen atoms in total. The van der Waals surface area contributed by atoms with Gasteiger partial charge in [-0.05, 0) is 42.5 Å². The summed E-state index contributed by atoms with van der Waals surface area (Å²) in [6.07, 6.45) is 7.86. The number of rotatable bonds is 4. The van der Waals surface area contributed by atoms with Crippen LogP contribution in [0, 0.1) is 18.8 Å². The molecule has 1 aromatic carbocycles. The first-order valence-corrected chi connectivity index (χ1v) is 14.8. The van der Waals surface area contributed by atoms with Gasteiger partial charge in [0.2, 0.25) is 18.3 Å². The highest BCUT2D eigenvalue weighted by atomic mass is 32.2. The van der Waals surface area contributed by atoms with E-state index in [2.05, 4.69) is 45.9 Å². The summed E-state index contributed by atoms with van der Waals surface area (Å²) in [5, 5.41) is 0. The van der Waals surface area contributed by atoms with Crippen LogP contribution >= 0.6 is 0 Å². The minimum Gasteiger partial charge on any atom is -0.415 e. The minimum absolute atomic E-state index is 0.257. The van der Waals surface area contributed by atoms with E-state index in [1.54, 1.807) is 16.4 Å². The Bertz CT molecular complexity index is 941. The normalized spacial score (nSPS) is 31.7. The molecule has 6 heteroatoms. The molecule has 3 aliphatic rings. The number of fused-ring (bicyclic) bond motifs is 3. The van der Waals surface area contributed by atoms with Gasteiger partial charge in [-0.15, -0.1) is 0 Å². The Hall–Kier alpha value is -1.21. The van der Waals surface area contributed by atoms with E-state index in [4.69, 9.17) is 4.43 Å². The lowest BCUT2D eigenvalue weighted by molar-refractivity contribution is 0.256. The summed E-state index contributed by atoms with van der Waals surface area (Å²) >= 11 is 0. The topological polar surface area (TPSA) is 46.6 Å². The second-order valence-corrected chi connectivity index (χ2v) is 16.7. The summed E-state index contributed by atoms with van der Waals surface area (Å²) in [5.74, 6) is 0.634. The fourth-order valence-electron chi connectivity index (χ4n) is 6.04. The third kappa shape index (κ3) is 3.46. The molecule has 1 aromatic rings. The maximum absolute atomic E-state index is 13.4. The van der Waals surface area contributed by atoms with Crippen LogP contribution in [0.3, 0.4) is 0 Å². The third-order valence-electron chi connectivity index (χ3n) is 7.58. The zero-order valence-corrected chi connectivity index (χ0v) is 20.7. The number of sulfonamides is 1. The summed E-state index contributed by atoms with van der Waals surface area (Å²) in [4.78, 5) is 0.397. The van der Waals surface area contributed by atoms with Gasteiger partial charge in [0.05, 0.1) is 4.90 Å². The molecule has 0 N–H and O–H groups in total. The van der Waals surface area contributed by atoms with Crippen LogP contribution in [0.25, 0.3) is 0 Å². The van der Waals surface area contributed by atoms with Crippen molar-refractivity contribution in [1.29, 1.82) is 0 Å². The van der Waals surface area contributed by atoms with Gasteiger partial charge in [0.15, 0.2) is 0 Å². The van der Waals surface area contributed by atoms with Gasteiger partial charge < -0.3 is 4.43 Å². The Labute approximate surface area is 183 Å². The van der Waals surface area contributed by atoms with Crippen LogP contribution in [0.15, 0.2) is 53.0 Å². The van der Waals surface area contributed by atoms with Crippen LogP contribution in [0.4, 0.5) is 0 Å². The molecule has 1 aliphatic carbocycles. The van der Waals surface area contributed by atoms with Gasteiger partial charge >= 0.3 is 0 Å². The van der Waals surface area contributed by atoms with Crippen LogP contribution in [0.1, 0.15) is 39.7 Å². The zero-order valence-electron chi connectivity index (χ0n) is 18.8. The number of nitrogens with zero attached hydrogens (tertiary/aromatic N) is 1. The number of hydrogen-bond donors (Lipinski definition) is 0. The molecule has 0 saturated carbocycles. The molecule has 2 fully saturated rings. The van der Waals surface area contributed by atoms with Crippen molar-refractivity contribution >= 4 is 18.3 Å². The van der Waals surface area contributed by atoms with E-state index in [-0.39, 0.29) is 5.92 Å². The number of aryl methyl sites for hydroxylation is 1. The lowest BCUT2D eigenvalue weighted by atomic mass is 9.84. The maximum Gasteiger partial charge on any atom is 0.243 e. The first-order chi connectivity index (χ1) is 14.2. The summed E-state index contributed by atoms with van der Waals surface area (Å²) in [7, 11) is -5.47. The molecule has 3 atom stereocenters. The number of hydrogen-bond acceptors (Lipinski definition) is 3. The molecule has 30 heavy (non-hydrogen) atoms. The fraction of sp³-hybridized carbons (Fsp3) is 0.583. The predicted octanol–water partition coefficient (Wildman–Crippen LogP) is 5.28. The molecule has 0 spiro atoms. The average molecular weight is 446 g/mol. The zero-order chi connectivity index (χ0) is 21.7. The standard InChI is InChI=1S/C24H35NO3SSi/c1-17(2)30(18(3)4)24-9-7-6-8-20-14-25(15-22(20)23(24)16-28-30)29(26,27)21-12-10-19(5)11-13-21/h7-13,17-18,22-24H,6,14-16H2,1-5H3/b9-7-,20-8-/t22-,23+,24-/m1/s1. The Kier molecular flexibility index (Phi) is 5.90. The molecular formula is C24H35NO3SSi. The molecule has 0 bridgehead atoms. The van der Waals surface area contributed by atoms with Gasteiger partial charge in [-0.2, -0.15) is 4.31 Å². The minimum atomic E-state index is -3.49. The molecule has 0 aromatic heterocycles. The van der Waals surface area contributed by atoms with E-state index >= 15 is 0 Å².